The number of aliphatic hydroxyl groups is 1. The average molecular weight is 273 g/mol. The highest BCUT2D eigenvalue weighted by atomic mass is 79.9. The molecule has 14 heavy (non-hydrogen) atoms. The van der Waals surface area contributed by atoms with Crippen LogP contribution in [0.4, 0.5) is 0 Å². The molecule has 1 atom stereocenters. The molecule has 0 aromatic carbocycles. The molecule has 2 aromatic rings. The van der Waals surface area contributed by atoms with Crippen LogP contribution in [0, 0.1) is 6.92 Å². The number of furan rings is 1. The van der Waals surface area contributed by atoms with E-state index < -0.39 is 6.10 Å². The molecule has 0 saturated heterocycles. The Morgan fingerprint density at radius 2 is 2.29 bits per heavy atom. The first kappa shape index (κ1) is 9.96. The van der Waals surface area contributed by atoms with Crippen LogP contribution < -0.4 is 0 Å². The van der Waals surface area contributed by atoms with Gasteiger partial charge in [-0.05, 0) is 45.9 Å². The van der Waals surface area contributed by atoms with E-state index in [1.807, 2.05) is 24.4 Å². The molecule has 0 fully saturated rings. The SMILES string of the molecule is Cc1ccoc1C(O)c1sccc1Br. The molecule has 0 aliphatic rings. The molecule has 0 radical (unpaired) electrons. The summed E-state index contributed by atoms with van der Waals surface area (Å²) in [7, 11) is 0. The standard InChI is InChI=1S/C10H9BrO2S/c1-6-2-4-13-9(6)8(12)10-7(11)3-5-14-10/h2-5,8,12H,1H3. The number of rotatable bonds is 2. The van der Waals surface area contributed by atoms with Gasteiger partial charge in [0.1, 0.15) is 11.9 Å². The summed E-state index contributed by atoms with van der Waals surface area (Å²) < 4.78 is 6.16. The van der Waals surface area contributed by atoms with Crippen LogP contribution in [0.3, 0.4) is 0 Å². The van der Waals surface area contributed by atoms with Crippen molar-refractivity contribution in [2.75, 3.05) is 0 Å². The van der Waals surface area contributed by atoms with Crippen molar-refractivity contribution in [1.82, 2.24) is 0 Å². The second kappa shape index (κ2) is 3.88. The molecule has 74 valence electrons. The quantitative estimate of drug-likeness (QED) is 0.908. The van der Waals surface area contributed by atoms with E-state index in [2.05, 4.69) is 15.9 Å². The van der Waals surface area contributed by atoms with E-state index >= 15 is 0 Å². The first-order valence-electron chi connectivity index (χ1n) is 4.15. The van der Waals surface area contributed by atoms with Crippen molar-refractivity contribution in [3.05, 3.63) is 44.4 Å². The maximum atomic E-state index is 10.0. The number of aryl methyl sites for hydroxylation is 1. The molecule has 1 N–H and O–H groups in total. The summed E-state index contributed by atoms with van der Waals surface area (Å²) in [5, 5.41) is 11.9. The van der Waals surface area contributed by atoms with E-state index in [0.717, 1.165) is 14.9 Å². The summed E-state index contributed by atoms with van der Waals surface area (Å²) in [6.45, 7) is 1.92. The third kappa shape index (κ3) is 1.65. The lowest BCUT2D eigenvalue weighted by Gasteiger charge is -2.07. The molecule has 2 heterocycles. The Labute approximate surface area is 94.3 Å². The van der Waals surface area contributed by atoms with Crippen LogP contribution in [-0.4, -0.2) is 5.11 Å². The van der Waals surface area contributed by atoms with E-state index in [0.29, 0.717) is 5.76 Å². The van der Waals surface area contributed by atoms with Gasteiger partial charge in [0.05, 0.1) is 11.1 Å². The fourth-order valence-corrected chi connectivity index (χ4v) is 2.86. The Bertz CT molecular complexity index is 393. The fraction of sp³-hybridized carbons (Fsp3) is 0.200. The van der Waals surface area contributed by atoms with Gasteiger partial charge in [-0.15, -0.1) is 11.3 Å². The minimum absolute atomic E-state index is 0.619. The van der Waals surface area contributed by atoms with Crippen molar-refractivity contribution >= 4 is 27.3 Å². The van der Waals surface area contributed by atoms with Gasteiger partial charge in [-0.1, -0.05) is 0 Å². The predicted molar refractivity (Wildman–Crippen MR) is 59.5 cm³/mol. The van der Waals surface area contributed by atoms with Crippen LogP contribution in [0.1, 0.15) is 22.3 Å². The minimum Gasteiger partial charge on any atom is -0.466 e. The average Bonchev–Trinajstić information content (AvgIpc) is 2.73. The Hall–Kier alpha value is -0.580. The summed E-state index contributed by atoms with van der Waals surface area (Å²) in [6, 6.07) is 3.77. The third-order valence-electron chi connectivity index (χ3n) is 2.04. The van der Waals surface area contributed by atoms with Gasteiger partial charge >= 0.3 is 0 Å². The van der Waals surface area contributed by atoms with Gasteiger partial charge in [0.25, 0.3) is 0 Å². The summed E-state index contributed by atoms with van der Waals surface area (Å²) in [5.41, 5.74) is 0.970. The van der Waals surface area contributed by atoms with Crippen LogP contribution in [0.15, 0.2) is 32.7 Å². The molecule has 2 aromatic heterocycles. The first-order valence-corrected chi connectivity index (χ1v) is 5.82. The first-order chi connectivity index (χ1) is 6.70. The van der Waals surface area contributed by atoms with Crippen molar-refractivity contribution < 1.29 is 9.52 Å². The van der Waals surface area contributed by atoms with Crippen LogP contribution in [0.25, 0.3) is 0 Å². The lowest BCUT2D eigenvalue weighted by atomic mass is 10.1. The van der Waals surface area contributed by atoms with Crippen molar-refractivity contribution in [2.45, 2.75) is 13.0 Å². The minimum atomic E-state index is -0.667. The summed E-state index contributed by atoms with van der Waals surface area (Å²) in [5.74, 6) is 0.619. The highest BCUT2D eigenvalue weighted by Crippen LogP contribution is 2.34. The van der Waals surface area contributed by atoms with Crippen LogP contribution in [0.5, 0.6) is 0 Å². The maximum Gasteiger partial charge on any atom is 0.147 e. The molecule has 0 bridgehead atoms. The number of thiophene rings is 1. The smallest absolute Gasteiger partial charge is 0.147 e. The molecule has 4 heteroatoms. The number of aliphatic hydroxyl groups excluding tert-OH is 1. The van der Waals surface area contributed by atoms with Crippen molar-refractivity contribution in [3.8, 4) is 0 Å². The van der Waals surface area contributed by atoms with Gasteiger partial charge in [-0.25, -0.2) is 0 Å². The summed E-state index contributed by atoms with van der Waals surface area (Å²) >= 11 is 4.89. The lowest BCUT2D eigenvalue weighted by molar-refractivity contribution is 0.191. The molecule has 2 nitrogen and oxygen atoms in total. The van der Waals surface area contributed by atoms with E-state index in [1.165, 1.54) is 11.3 Å². The molecular weight excluding hydrogens is 264 g/mol. The Morgan fingerprint density at radius 3 is 2.79 bits per heavy atom. The largest absolute Gasteiger partial charge is 0.466 e. The topological polar surface area (TPSA) is 33.4 Å². The van der Waals surface area contributed by atoms with Crippen molar-refractivity contribution in [2.24, 2.45) is 0 Å². The van der Waals surface area contributed by atoms with Gasteiger partial charge in [0.15, 0.2) is 0 Å². The van der Waals surface area contributed by atoms with E-state index in [1.54, 1.807) is 6.26 Å². The van der Waals surface area contributed by atoms with Crippen molar-refractivity contribution in [1.29, 1.82) is 0 Å². The molecule has 0 aliphatic carbocycles. The molecule has 0 spiro atoms. The monoisotopic (exact) mass is 272 g/mol. The molecule has 0 amide bonds. The van der Waals surface area contributed by atoms with Gasteiger partial charge in [0.2, 0.25) is 0 Å². The Morgan fingerprint density at radius 1 is 1.50 bits per heavy atom. The predicted octanol–water partition coefficient (Wildman–Crippen LogP) is 3.49. The van der Waals surface area contributed by atoms with E-state index in [4.69, 9.17) is 4.42 Å². The zero-order valence-corrected chi connectivity index (χ0v) is 9.93. The maximum absolute atomic E-state index is 10.0. The normalized spacial score (nSPS) is 13.1. The zero-order chi connectivity index (χ0) is 10.1. The summed E-state index contributed by atoms with van der Waals surface area (Å²) in [6.07, 6.45) is 0.925. The second-order valence-electron chi connectivity index (χ2n) is 3.00. The number of hydrogen-bond acceptors (Lipinski definition) is 3. The molecule has 0 aliphatic heterocycles. The van der Waals surface area contributed by atoms with Gasteiger partial charge in [0, 0.05) is 4.47 Å². The Kier molecular flexibility index (Phi) is 2.76. The van der Waals surface area contributed by atoms with Crippen LogP contribution >= 0.6 is 27.3 Å². The molecule has 1 unspecified atom stereocenters. The highest BCUT2D eigenvalue weighted by Gasteiger charge is 2.19. The van der Waals surface area contributed by atoms with Crippen molar-refractivity contribution in [3.63, 3.8) is 0 Å². The van der Waals surface area contributed by atoms with E-state index in [-0.39, 0.29) is 0 Å². The van der Waals surface area contributed by atoms with E-state index in [9.17, 15) is 5.11 Å². The summed E-state index contributed by atoms with van der Waals surface area (Å²) in [4.78, 5) is 0.878. The Balaban J connectivity index is 2.38. The second-order valence-corrected chi connectivity index (χ2v) is 4.81. The fourth-order valence-electron chi connectivity index (χ4n) is 1.28. The van der Waals surface area contributed by atoms with Crippen LogP contribution in [-0.2, 0) is 0 Å². The van der Waals surface area contributed by atoms with Crippen LogP contribution in [0.2, 0.25) is 0 Å². The van der Waals surface area contributed by atoms with Gasteiger partial charge in [-0.2, -0.15) is 0 Å². The van der Waals surface area contributed by atoms with Gasteiger partial charge in [-0.3, -0.25) is 0 Å². The number of halogens is 1. The lowest BCUT2D eigenvalue weighted by Crippen LogP contribution is -1.97. The third-order valence-corrected chi connectivity index (χ3v) is 3.97. The highest BCUT2D eigenvalue weighted by molar-refractivity contribution is 9.10. The van der Waals surface area contributed by atoms with Gasteiger partial charge < -0.3 is 9.52 Å². The number of hydrogen-bond donors (Lipinski definition) is 1. The molecule has 2 rings (SSSR count). The zero-order valence-electron chi connectivity index (χ0n) is 7.53. The molecular formula is C10H9BrO2S. The molecule has 0 saturated carbocycles.